The molecule has 0 aliphatic heterocycles. The predicted molar refractivity (Wildman–Crippen MR) is 88.7 cm³/mol. The second-order valence-electron chi connectivity index (χ2n) is 5.36. The molecule has 0 saturated carbocycles. The number of nitrogens with one attached hydrogen (secondary N) is 1. The summed E-state index contributed by atoms with van der Waals surface area (Å²) < 4.78 is 0. The van der Waals surface area contributed by atoms with E-state index in [0.717, 1.165) is 23.3 Å². The molecule has 4 nitrogen and oxygen atoms in total. The van der Waals surface area contributed by atoms with Crippen LogP contribution in [0.25, 0.3) is 11.0 Å². The lowest BCUT2D eigenvalue weighted by Gasteiger charge is -2.15. The van der Waals surface area contributed by atoms with Gasteiger partial charge in [0.05, 0.1) is 17.2 Å². The number of hydrogen-bond acceptors (Lipinski definition) is 4. The van der Waals surface area contributed by atoms with Gasteiger partial charge in [-0.1, -0.05) is 42.5 Å². The van der Waals surface area contributed by atoms with Crippen LogP contribution in [0.1, 0.15) is 5.56 Å². The van der Waals surface area contributed by atoms with Crippen LogP contribution in [0.3, 0.4) is 0 Å². The van der Waals surface area contributed by atoms with E-state index in [1.54, 1.807) is 6.20 Å². The summed E-state index contributed by atoms with van der Waals surface area (Å²) in [6.45, 7) is 0.807. The van der Waals surface area contributed by atoms with Gasteiger partial charge in [-0.2, -0.15) is 0 Å². The van der Waals surface area contributed by atoms with Crippen LogP contribution >= 0.6 is 0 Å². The minimum Gasteiger partial charge on any atom is -0.396 e. The zero-order chi connectivity index (χ0) is 15.2. The largest absolute Gasteiger partial charge is 0.396 e. The molecule has 1 heterocycles. The summed E-state index contributed by atoms with van der Waals surface area (Å²) in [6.07, 6.45) is 2.57. The molecule has 0 bridgehead atoms. The van der Waals surface area contributed by atoms with E-state index in [1.165, 1.54) is 5.56 Å². The molecule has 0 saturated heterocycles. The minimum absolute atomic E-state index is 0.142. The maximum Gasteiger partial charge on any atom is 0.145 e. The number of para-hydroxylation sites is 2. The number of fused-ring (bicyclic) bond motifs is 1. The Labute approximate surface area is 129 Å². The molecule has 2 aromatic carbocycles. The van der Waals surface area contributed by atoms with Crippen LogP contribution in [0.15, 0.2) is 60.8 Å². The first-order chi connectivity index (χ1) is 10.8. The minimum atomic E-state index is 0.142. The normalized spacial score (nSPS) is 12.2. The molecular formula is C18H19N3O. The Morgan fingerprint density at radius 2 is 1.68 bits per heavy atom. The molecule has 1 atom stereocenters. The monoisotopic (exact) mass is 293 g/mol. The second kappa shape index (κ2) is 7.00. The first kappa shape index (κ1) is 14.5. The highest BCUT2D eigenvalue weighted by atomic mass is 16.3. The van der Waals surface area contributed by atoms with Crippen LogP contribution in [0.4, 0.5) is 5.82 Å². The van der Waals surface area contributed by atoms with Gasteiger partial charge in [-0.25, -0.2) is 4.98 Å². The van der Waals surface area contributed by atoms with E-state index < -0.39 is 0 Å². The maximum absolute atomic E-state index is 9.56. The highest BCUT2D eigenvalue weighted by molar-refractivity contribution is 5.75. The van der Waals surface area contributed by atoms with Gasteiger partial charge in [0, 0.05) is 19.1 Å². The first-order valence-electron chi connectivity index (χ1n) is 7.45. The van der Waals surface area contributed by atoms with E-state index in [1.807, 2.05) is 42.5 Å². The molecule has 112 valence electrons. The molecule has 0 aliphatic rings. The van der Waals surface area contributed by atoms with Crippen molar-refractivity contribution < 1.29 is 5.11 Å². The Balaban J connectivity index is 1.64. The quantitative estimate of drug-likeness (QED) is 0.733. The summed E-state index contributed by atoms with van der Waals surface area (Å²) in [6, 6.07) is 18.0. The zero-order valence-corrected chi connectivity index (χ0v) is 12.3. The van der Waals surface area contributed by atoms with Gasteiger partial charge >= 0.3 is 0 Å². The van der Waals surface area contributed by atoms with Crippen LogP contribution < -0.4 is 5.32 Å². The van der Waals surface area contributed by atoms with Crippen molar-refractivity contribution in [3.63, 3.8) is 0 Å². The van der Waals surface area contributed by atoms with Gasteiger partial charge in [0.1, 0.15) is 5.82 Å². The molecule has 3 rings (SSSR count). The molecule has 1 aromatic heterocycles. The molecule has 4 heteroatoms. The fraction of sp³-hybridized carbons (Fsp3) is 0.222. The molecule has 0 spiro atoms. The van der Waals surface area contributed by atoms with Gasteiger partial charge in [0.15, 0.2) is 0 Å². The van der Waals surface area contributed by atoms with Gasteiger partial charge in [0.25, 0.3) is 0 Å². The smallest absolute Gasteiger partial charge is 0.145 e. The van der Waals surface area contributed by atoms with Crippen LogP contribution in [-0.2, 0) is 6.42 Å². The number of rotatable bonds is 6. The van der Waals surface area contributed by atoms with E-state index in [9.17, 15) is 5.11 Å². The Kier molecular flexibility index (Phi) is 4.61. The summed E-state index contributed by atoms with van der Waals surface area (Å²) in [4.78, 5) is 8.91. The van der Waals surface area contributed by atoms with Crippen molar-refractivity contribution in [3.8, 4) is 0 Å². The van der Waals surface area contributed by atoms with Gasteiger partial charge in [-0.3, -0.25) is 4.98 Å². The number of hydrogen-bond donors (Lipinski definition) is 2. The molecule has 0 aliphatic carbocycles. The summed E-state index contributed by atoms with van der Waals surface area (Å²) in [5, 5.41) is 12.8. The van der Waals surface area contributed by atoms with Crippen LogP contribution in [0.2, 0.25) is 0 Å². The lowest BCUT2D eigenvalue weighted by Crippen LogP contribution is -2.20. The third kappa shape index (κ3) is 3.59. The van der Waals surface area contributed by atoms with Gasteiger partial charge < -0.3 is 10.4 Å². The van der Waals surface area contributed by atoms with Gasteiger partial charge in [0.2, 0.25) is 0 Å². The third-order valence-corrected chi connectivity index (χ3v) is 3.65. The van der Waals surface area contributed by atoms with Gasteiger partial charge in [-0.05, 0) is 24.1 Å². The first-order valence-corrected chi connectivity index (χ1v) is 7.45. The average Bonchev–Trinajstić information content (AvgIpc) is 2.59. The lowest BCUT2D eigenvalue weighted by molar-refractivity contribution is 0.232. The van der Waals surface area contributed by atoms with Crippen LogP contribution in [0, 0.1) is 5.92 Å². The molecule has 2 N–H and O–H groups in total. The molecule has 22 heavy (non-hydrogen) atoms. The van der Waals surface area contributed by atoms with Crippen molar-refractivity contribution in [2.45, 2.75) is 6.42 Å². The molecule has 1 unspecified atom stereocenters. The Morgan fingerprint density at radius 3 is 2.45 bits per heavy atom. The summed E-state index contributed by atoms with van der Waals surface area (Å²) in [5.74, 6) is 0.890. The van der Waals surface area contributed by atoms with E-state index in [-0.39, 0.29) is 12.5 Å². The molecule has 0 radical (unpaired) electrons. The number of benzene rings is 2. The summed E-state index contributed by atoms with van der Waals surface area (Å²) in [7, 11) is 0. The number of nitrogens with zero attached hydrogens (tertiary/aromatic N) is 2. The van der Waals surface area contributed by atoms with Crippen molar-refractivity contribution >= 4 is 16.9 Å². The van der Waals surface area contributed by atoms with Gasteiger partial charge in [-0.15, -0.1) is 0 Å². The Hall–Kier alpha value is -2.46. The van der Waals surface area contributed by atoms with E-state index in [4.69, 9.17) is 0 Å². The predicted octanol–water partition coefficient (Wildman–Crippen LogP) is 2.89. The third-order valence-electron chi connectivity index (χ3n) is 3.65. The molecule has 0 amide bonds. The number of aliphatic hydroxyl groups is 1. The van der Waals surface area contributed by atoms with E-state index in [2.05, 4.69) is 27.4 Å². The summed E-state index contributed by atoms with van der Waals surface area (Å²) >= 11 is 0. The fourth-order valence-electron chi connectivity index (χ4n) is 2.44. The number of anilines is 1. The van der Waals surface area contributed by atoms with Crippen molar-refractivity contribution in [1.29, 1.82) is 0 Å². The van der Waals surface area contributed by atoms with Crippen molar-refractivity contribution in [2.75, 3.05) is 18.5 Å². The van der Waals surface area contributed by atoms with Crippen molar-refractivity contribution in [2.24, 2.45) is 5.92 Å². The molecule has 0 fully saturated rings. The highest BCUT2D eigenvalue weighted by Crippen LogP contribution is 2.13. The maximum atomic E-state index is 9.56. The molecule has 3 aromatic rings. The standard InChI is InChI=1S/C18H19N3O/c22-13-15(10-14-6-2-1-3-7-14)11-20-18-12-19-16-8-4-5-9-17(16)21-18/h1-9,12,15,22H,10-11,13H2,(H,20,21). The zero-order valence-electron chi connectivity index (χ0n) is 12.3. The Bertz CT molecular complexity index is 730. The van der Waals surface area contributed by atoms with Crippen molar-refractivity contribution in [1.82, 2.24) is 9.97 Å². The lowest BCUT2D eigenvalue weighted by atomic mass is 10.0. The van der Waals surface area contributed by atoms with E-state index in [0.29, 0.717) is 6.54 Å². The SMILES string of the molecule is OCC(CNc1cnc2ccccc2n1)Cc1ccccc1. The topological polar surface area (TPSA) is 58.0 Å². The highest BCUT2D eigenvalue weighted by Gasteiger charge is 2.09. The van der Waals surface area contributed by atoms with E-state index >= 15 is 0 Å². The van der Waals surface area contributed by atoms with Crippen LogP contribution in [-0.4, -0.2) is 28.2 Å². The molecular weight excluding hydrogens is 274 g/mol. The summed E-state index contributed by atoms with van der Waals surface area (Å²) in [5.41, 5.74) is 2.99. The fourth-order valence-corrected chi connectivity index (χ4v) is 2.44. The average molecular weight is 293 g/mol. The van der Waals surface area contributed by atoms with Crippen LogP contribution in [0.5, 0.6) is 0 Å². The number of aromatic nitrogens is 2. The Morgan fingerprint density at radius 1 is 0.955 bits per heavy atom. The van der Waals surface area contributed by atoms with Crippen molar-refractivity contribution in [3.05, 3.63) is 66.4 Å². The second-order valence-corrected chi connectivity index (χ2v) is 5.36. The number of aliphatic hydroxyl groups excluding tert-OH is 1.